The summed E-state index contributed by atoms with van der Waals surface area (Å²) < 4.78 is 0. The summed E-state index contributed by atoms with van der Waals surface area (Å²) in [5.41, 5.74) is 0. The van der Waals surface area contributed by atoms with E-state index in [2.05, 4.69) is 32.6 Å². The van der Waals surface area contributed by atoms with Crippen molar-refractivity contribution in [1.82, 2.24) is 4.90 Å². The summed E-state index contributed by atoms with van der Waals surface area (Å²) in [5.74, 6) is 2.88. The largest absolute Gasteiger partial charge is 0.297 e. The average molecular weight is 237 g/mol. The first kappa shape index (κ1) is 13.4. The first-order chi connectivity index (χ1) is 8.09. The highest BCUT2D eigenvalue weighted by Gasteiger charge is 2.38. The molecule has 1 aliphatic heterocycles. The van der Waals surface area contributed by atoms with Gasteiger partial charge in [0.2, 0.25) is 0 Å². The normalized spacial score (nSPS) is 32.8. The van der Waals surface area contributed by atoms with Crippen molar-refractivity contribution in [3.63, 3.8) is 0 Å². The molecular formula is C16H31N. The van der Waals surface area contributed by atoms with Crippen LogP contribution in [0, 0.1) is 17.8 Å². The van der Waals surface area contributed by atoms with Gasteiger partial charge in [0, 0.05) is 18.6 Å². The molecule has 2 aliphatic rings. The van der Waals surface area contributed by atoms with Gasteiger partial charge in [-0.05, 0) is 38.0 Å². The van der Waals surface area contributed by atoms with E-state index in [-0.39, 0.29) is 0 Å². The lowest BCUT2D eigenvalue weighted by molar-refractivity contribution is 0.160. The van der Waals surface area contributed by atoms with Crippen LogP contribution in [0.2, 0.25) is 0 Å². The van der Waals surface area contributed by atoms with Crippen molar-refractivity contribution < 1.29 is 0 Å². The Hall–Kier alpha value is -0.0400. The van der Waals surface area contributed by atoms with Gasteiger partial charge in [-0.25, -0.2) is 0 Å². The molecule has 1 heterocycles. The van der Waals surface area contributed by atoms with Gasteiger partial charge in [-0.3, -0.25) is 4.90 Å². The van der Waals surface area contributed by atoms with Crippen LogP contribution >= 0.6 is 0 Å². The second kappa shape index (κ2) is 5.73. The van der Waals surface area contributed by atoms with Gasteiger partial charge in [-0.2, -0.15) is 0 Å². The standard InChI is InChI=1S/C16H31N/c1-12(2)16-10-15(11-17(16)13(3)4)14-8-6-5-7-9-14/h12-16H,5-11H2,1-4H3. The molecule has 2 rings (SSSR count). The van der Waals surface area contributed by atoms with Gasteiger partial charge in [0.05, 0.1) is 0 Å². The minimum atomic E-state index is 0.732. The molecule has 1 saturated carbocycles. The highest BCUT2D eigenvalue weighted by molar-refractivity contribution is 4.92. The molecule has 100 valence electrons. The Kier molecular flexibility index (Phi) is 4.52. The summed E-state index contributed by atoms with van der Waals surface area (Å²) in [6.45, 7) is 10.9. The van der Waals surface area contributed by atoms with E-state index in [0.29, 0.717) is 0 Å². The molecule has 0 aromatic carbocycles. The average Bonchev–Trinajstić information content (AvgIpc) is 2.75. The molecule has 0 N–H and O–H groups in total. The number of nitrogens with zero attached hydrogens (tertiary/aromatic N) is 1. The summed E-state index contributed by atoms with van der Waals surface area (Å²) in [4.78, 5) is 2.78. The molecule has 2 unspecified atom stereocenters. The maximum Gasteiger partial charge on any atom is 0.0124 e. The molecule has 0 bridgehead atoms. The zero-order chi connectivity index (χ0) is 12.4. The summed E-state index contributed by atoms with van der Waals surface area (Å²) in [5, 5.41) is 0. The van der Waals surface area contributed by atoms with Gasteiger partial charge in [0.25, 0.3) is 0 Å². The molecule has 1 aliphatic carbocycles. The van der Waals surface area contributed by atoms with Crippen LogP contribution in [-0.4, -0.2) is 23.5 Å². The number of likely N-dealkylation sites (tertiary alicyclic amines) is 1. The quantitative estimate of drug-likeness (QED) is 0.706. The minimum absolute atomic E-state index is 0.732. The van der Waals surface area contributed by atoms with E-state index in [4.69, 9.17) is 0 Å². The molecule has 2 fully saturated rings. The van der Waals surface area contributed by atoms with E-state index >= 15 is 0 Å². The van der Waals surface area contributed by atoms with Crippen molar-refractivity contribution >= 4 is 0 Å². The SMILES string of the molecule is CC(C)C1CC(C2CCCCC2)CN1C(C)C. The van der Waals surface area contributed by atoms with Crippen LogP contribution in [-0.2, 0) is 0 Å². The predicted molar refractivity (Wildman–Crippen MR) is 75.2 cm³/mol. The maximum atomic E-state index is 2.78. The smallest absolute Gasteiger partial charge is 0.0124 e. The lowest BCUT2D eigenvalue weighted by Gasteiger charge is -2.31. The summed E-state index contributed by atoms with van der Waals surface area (Å²) >= 11 is 0. The molecular weight excluding hydrogens is 206 g/mol. The van der Waals surface area contributed by atoms with Crippen molar-refractivity contribution in [3.8, 4) is 0 Å². The van der Waals surface area contributed by atoms with E-state index in [0.717, 1.165) is 29.8 Å². The molecule has 0 amide bonds. The number of hydrogen-bond acceptors (Lipinski definition) is 1. The summed E-state index contributed by atoms with van der Waals surface area (Å²) in [6, 6.07) is 1.58. The summed E-state index contributed by atoms with van der Waals surface area (Å²) in [7, 11) is 0. The highest BCUT2D eigenvalue weighted by atomic mass is 15.2. The fourth-order valence-corrected chi connectivity index (χ4v) is 4.12. The molecule has 0 spiro atoms. The van der Waals surface area contributed by atoms with Crippen LogP contribution in [0.3, 0.4) is 0 Å². The Morgan fingerprint density at radius 2 is 1.53 bits per heavy atom. The number of rotatable bonds is 3. The lowest BCUT2D eigenvalue weighted by Crippen LogP contribution is -2.38. The first-order valence-electron chi connectivity index (χ1n) is 7.85. The van der Waals surface area contributed by atoms with E-state index in [9.17, 15) is 0 Å². The highest BCUT2D eigenvalue weighted by Crippen LogP contribution is 2.39. The number of hydrogen-bond donors (Lipinski definition) is 0. The van der Waals surface area contributed by atoms with E-state index < -0.39 is 0 Å². The van der Waals surface area contributed by atoms with Gasteiger partial charge in [0.15, 0.2) is 0 Å². The third-order valence-electron chi connectivity index (χ3n) is 5.16. The van der Waals surface area contributed by atoms with Gasteiger partial charge in [-0.1, -0.05) is 46.0 Å². The van der Waals surface area contributed by atoms with Gasteiger partial charge >= 0.3 is 0 Å². The minimum Gasteiger partial charge on any atom is -0.297 e. The van der Waals surface area contributed by atoms with Crippen molar-refractivity contribution in [3.05, 3.63) is 0 Å². The van der Waals surface area contributed by atoms with Crippen LogP contribution in [0.15, 0.2) is 0 Å². The van der Waals surface area contributed by atoms with Crippen LogP contribution < -0.4 is 0 Å². The van der Waals surface area contributed by atoms with Crippen molar-refractivity contribution in [1.29, 1.82) is 0 Å². The zero-order valence-corrected chi connectivity index (χ0v) is 12.3. The van der Waals surface area contributed by atoms with Gasteiger partial charge < -0.3 is 0 Å². The molecule has 0 aromatic rings. The van der Waals surface area contributed by atoms with Crippen molar-refractivity contribution in [2.45, 2.75) is 78.3 Å². The molecule has 2 atom stereocenters. The Morgan fingerprint density at radius 1 is 0.882 bits per heavy atom. The topological polar surface area (TPSA) is 3.24 Å². The van der Waals surface area contributed by atoms with Gasteiger partial charge in [-0.15, -0.1) is 0 Å². The fourth-order valence-electron chi connectivity index (χ4n) is 4.12. The van der Waals surface area contributed by atoms with Crippen LogP contribution in [0.1, 0.15) is 66.2 Å². The van der Waals surface area contributed by atoms with E-state index in [1.54, 1.807) is 0 Å². The van der Waals surface area contributed by atoms with Crippen LogP contribution in [0.5, 0.6) is 0 Å². The van der Waals surface area contributed by atoms with Crippen molar-refractivity contribution in [2.75, 3.05) is 6.54 Å². The molecule has 1 nitrogen and oxygen atoms in total. The molecule has 1 heteroatoms. The molecule has 0 aromatic heterocycles. The maximum absolute atomic E-state index is 2.78. The first-order valence-corrected chi connectivity index (χ1v) is 7.85. The Bertz CT molecular complexity index is 212. The third kappa shape index (κ3) is 3.05. The monoisotopic (exact) mass is 237 g/mol. The zero-order valence-electron chi connectivity index (χ0n) is 12.3. The second-order valence-electron chi connectivity index (χ2n) is 7.00. The van der Waals surface area contributed by atoms with Crippen LogP contribution in [0.4, 0.5) is 0 Å². The Labute approximate surface area is 108 Å². The fraction of sp³-hybridized carbons (Fsp3) is 1.00. The van der Waals surface area contributed by atoms with Crippen molar-refractivity contribution in [2.24, 2.45) is 17.8 Å². The van der Waals surface area contributed by atoms with E-state index in [1.807, 2.05) is 0 Å². The molecule has 17 heavy (non-hydrogen) atoms. The molecule has 1 saturated heterocycles. The third-order valence-corrected chi connectivity index (χ3v) is 5.16. The van der Waals surface area contributed by atoms with E-state index in [1.165, 1.54) is 45.1 Å². The van der Waals surface area contributed by atoms with Crippen LogP contribution in [0.25, 0.3) is 0 Å². The predicted octanol–water partition coefficient (Wildman–Crippen LogP) is 4.32. The lowest BCUT2D eigenvalue weighted by atomic mass is 9.78. The summed E-state index contributed by atoms with van der Waals surface area (Å²) in [6.07, 6.45) is 8.98. The molecule has 0 radical (unpaired) electrons. The second-order valence-corrected chi connectivity index (χ2v) is 7.00. The van der Waals surface area contributed by atoms with Gasteiger partial charge in [0.1, 0.15) is 0 Å². The Morgan fingerprint density at radius 3 is 2.00 bits per heavy atom. The Balaban J connectivity index is 1.97.